The summed E-state index contributed by atoms with van der Waals surface area (Å²) in [5.41, 5.74) is 0.684. The molecule has 0 aromatic heterocycles. The third-order valence-corrected chi connectivity index (χ3v) is 3.35. The molecular weight excluding hydrogens is 250 g/mol. The number of rotatable bonds is 4. The molecule has 0 saturated carbocycles. The number of hydrogen-bond acceptors (Lipinski definition) is 4. The summed E-state index contributed by atoms with van der Waals surface area (Å²) in [5.74, 6) is 0.636. The van der Waals surface area contributed by atoms with Gasteiger partial charge in [0.2, 0.25) is 0 Å². The van der Waals surface area contributed by atoms with Gasteiger partial charge in [0.1, 0.15) is 5.75 Å². The van der Waals surface area contributed by atoms with Crippen molar-refractivity contribution < 1.29 is 13.2 Å². The van der Waals surface area contributed by atoms with Crippen LogP contribution in [0.4, 0.5) is 5.69 Å². The molecule has 0 heterocycles. The summed E-state index contributed by atoms with van der Waals surface area (Å²) in [4.78, 5) is 1.85. The fourth-order valence-corrected chi connectivity index (χ4v) is 2.05. The molecule has 0 spiro atoms. The van der Waals surface area contributed by atoms with Gasteiger partial charge in [0.15, 0.2) is 0 Å². The lowest BCUT2D eigenvalue weighted by molar-refractivity contribution is 0.340. The van der Waals surface area contributed by atoms with Gasteiger partial charge < -0.3 is 9.64 Å². The molecule has 1 aromatic rings. The predicted octanol–water partition coefficient (Wildman–Crippen LogP) is 2.08. The molecule has 0 N–H and O–H groups in total. The first-order valence-corrected chi connectivity index (χ1v) is 7.06. The lowest BCUT2D eigenvalue weighted by atomic mass is 10.3. The molecule has 0 fully saturated rings. The van der Waals surface area contributed by atoms with Crippen LogP contribution in [0.3, 0.4) is 0 Å². The summed E-state index contributed by atoms with van der Waals surface area (Å²) in [6.45, 7) is 2.39. The second-order valence-electron chi connectivity index (χ2n) is 3.39. The van der Waals surface area contributed by atoms with Crippen molar-refractivity contribution in [1.29, 1.82) is 0 Å². The van der Waals surface area contributed by atoms with Gasteiger partial charge in [0.05, 0.1) is 17.2 Å². The molecule has 0 saturated heterocycles. The van der Waals surface area contributed by atoms with Crippen LogP contribution in [0.1, 0.15) is 6.92 Å². The van der Waals surface area contributed by atoms with E-state index in [2.05, 4.69) is 0 Å². The number of halogens is 1. The smallest absolute Gasteiger partial charge is 0.261 e. The van der Waals surface area contributed by atoms with Crippen LogP contribution in [0.15, 0.2) is 23.1 Å². The molecule has 6 heteroatoms. The summed E-state index contributed by atoms with van der Waals surface area (Å²) >= 11 is 0. The van der Waals surface area contributed by atoms with E-state index < -0.39 is 9.05 Å². The van der Waals surface area contributed by atoms with Crippen LogP contribution < -0.4 is 9.64 Å². The first kappa shape index (κ1) is 13.1. The minimum atomic E-state index is -3.70. The van der Waals surface area contributed by atoms with Crippen molar-refractivity contribution in [3.8, 4) is 5.75 Å². The average Bonchev–Trinajstić information content (AvgIpc) is 2.16. The number of benzene rings is 1. The van der Waals surface area contributed by atoms with Gasteiger partial charge in [-0.05, 0) is 25.1 Å². The van der Waals surface area contributed by atoms with E-state index in [1.807, 2.05) is 21.0 Å². The summed E-state index contributed by atoms with van der Waals surface area (Å²) < 4.78 is 27.8. The van der Waals surface area contributed by atoms with Gasteiger partial charge in [-0.2, -0.15) is 0 Å². The molecule has 16 heavy (non-hydrogen) atoms. The van der Waals surface area contributed by atoms with Crippen LogP contribution in [0.25, 0.3) is 0 Å². The summed E-state index contributed by atoms with van der Waals surface area (Å²) in [5, 5.41) is 0. The van der Waals surface area contributed by atoms with Crippen LogP contribution in [0, 0.1) is 0 Å². The van der Waals surface area contributed by atoms with Crippen molar-refractivity contribution in [2.24, 2.45) is 0 Å². The summed E-state index contributed by atoms with van der Waals surface area (Å²) in [6.07, 6.45) is 0. The Morgan fingerprint density at radius 3 is 2.44 bits per heavy atom. The van der Waals surface area contributed by atoms with Crippen LogP contribution in [0.2, 0.25) is 0 Å². The quantitative estimate of drug-likeness (QED) is 0.781. The van der Waals surface area contributed by atoms with E-state index in [1.54, 1.807) is 11.0 Å². The molecule has 0 atom stereocenters. The maximum absolute atomic E-state index is 11.2. The van der Waals surface area contributed by atoms with E-state index in [-0.39, 0.29) is 4.90 Å². The molecule has 0 amide bonds. The van der Waals surface area contributed by atoms with Crippen LogP contribution in [0.5, 0.6) is 5.75 Å². The van der Waals surface area contributed by atoms with Crippen molar-refractivity contribution in [3.05, 3.63) is 18.2 Å². The van der Waals surface area contributed by atoms with Gasteiger partial charge in [0.25, 0.3) is 9.05 Å². The molecule has 0 unspecified atom stereocenters. The number of ether oxygens (including phenoxy) is 1. The zero-order valence-electron chi connectivity index (χ0n) is 9.40. The maximum atomic E-state index is 11.2. The molecule has 0 aliphatic rings. The molecule has 4 nitrogen and oxygen atoms in total. The highest BCUT2D eigenvalue weighted by Gasteiger charge is 2.14. The average molecular weight is 264 g/mol. The maximum Gasteiger partial charge on any atom is 0.261 e. The van der Waals surface area contributed by atoms with Gasteiger partial charge in [0, 0.05) is 24.8 Å². The van der Waals surface area contributed by atoms with Crippen molar-refractivity contribution in [2.75, 3.05) is 25.6 Å². The predicted molar refractivity (Wildman–Crippen MR) is 65.0 cm³/mol. The molecule has 90 valence electrons. The lowest BCUT2D eigenvalue weighted by Gasteiger charge is -2.17. The Kier molecular flexibility index (Phi) is 4.04. The Bertz CT molecular complexity index is 471. The first-order chi connectivity index (χ1) is 7.36. The van der Waals surface area contributed by atoms with Crippen LogP contribution in [-0.2, 0) is 9.05 Å². The van der Waals surface area contributed by atoms with Gasteiger partial charge in [-0.3, -0.25) is 0 Å². The van der Waals surface area contributed by atoms with E-state index in [4.69, 9.17) is 15.4 Å². The Balaban J connectivity index is 3.28. The van der Waals surface area contributed by atoms with E-state index in [1.165, 1.54) is 12.1 Å². The molecule has 1 aromatic carbocycles. The minimum Gasteiger partial charge on any atom is -0.492 e. The molecular formula is C10H14ClNO3S. The highest BCUT2D eigenvalue weighted by molar-refractivity contribution is 8.13. The summed E-state index contributed by atoms with van der Waals surface area (Å²) in [6, 6.07) is 4.53. The fraction of sp³-hybridized carbons (Fsp3) is 0.400. The van der Waals surface area contributed by atoms with Gasteiger partial charge in [-0.25, -0.2) is 8.42 Å². The standard InChI is InChI=1S/C10H14ClNO3S/c1-4-15-10-6-5-8(16(11,13)14)7-9(10)12(2)3/h5-7H,4H2,1-3H3. The van der Waals surface area contributed by atoms with Crippen molar-refractivity contribution >= 4 is 25.4 Å². The van der Waals surface area contributed by atoms with E-state index >= 15 is 0 Å². The van der Waals surface area contributed by atoms with Gasteiger partial charge in [-0.1, -0.05) is 0 Å². The molecule has 0 bridgehead atoms. The van der Waals surface area contributed by atoms with E-state index in [0.717, 1.165) is 0 Å². The third-order valence-electron chi connectivity index (χ3n) is 1.99. The molecule has 0 aliphatic carbocycles. The Labute approximate surface area is 100 Å². The van der Waals surface area contributed by atoms with Crippen molar-refractivity contribution in [1.82, 2.24) is 0 Å². The molecule has 0 aliphatic heterocycles. The third kappa shape index (κ3) is 3.02. The van der Waals surface area contributed by atoms with Crippen molar-refractivity contribution in [2.45, 2.75) is 11.8 Å². The van der Waals surface area contributed by atoms with Crippen LogP contribution in [-0.4, -0.2) is 29.1 Å². The fourth-order valence-electron chi connectivity index (χ4n) is 1.28. The second-order valence-corrected chi connectivity index (χ2v) is 5.96. The number of nitrogens with zero attached hydrogens (tertiary/aromatic N) is 1. The SMILES string of the molecule is CCOc1ccc(S(=O)(=O)Cl)cc1N(C)C. The molecule has 1 rings (SSSR count). The monoisotopic (exact) mass is 263 g/mol. The van der Waals surface area contributed by atoms with E-state index in [0.29, 0.717) is 18.0 Å². The van der Waals surface area contributed by atoms with Crippen LogP contribution >= 0.6 is 10.7 Å². The van der Waals surface area contributed by atoms with Crippen molar-refractivity contribution in [3.63, 3.8) is 0 Å². The zero-order valence-corrected chi connectivity index (χ0v) is 11.0. The minimum absolute atomic E-state index is 0.0707. The summed E-state index contributed by atoms with van der Waals surface area (Å²) in [7, 11) is 5.19. The normalized spacial score (nSPS) is 11.2. The molecule has 0 radical (unpaired) electrons. The highest BCUT2D eigenvalue weighted by atomic mass is 35.7. The number of anilines is 1. The number of hydrogen-bond donors (Lipinski definition) is 0. The largest absolute Gasteiger partial charge is 0.492 e. The Morgan fingerprint density at radius 2 is 2.00 bits per heavy atom. The van der Waals surface area contributed by atoms with E-state index in [9.17, 15) is 8.42 Å². The first-order valence-electron chi connectivity index (χ1n) is 4.75. The topological polar surface area (TPSA) is 46.6 Å². The highest BCUT2D eigenvalue weighted by Crippen LogP contribution is 2.30. The van der Waals surface area contributed by atoms with Gasteiger partial charge in [-0.15, -0.1) is 0 Å². The zero-order chi connectivity index (χ0) is 12.3. The second kappa shape index (κ2) is 4.93. The van der Waals surface area contributed by atoms with Gasteiger partial charge >= 0.3 is 0 Å². The lowest BCUT2D eigenvalue weighted by Crippen LogP contribution is -2.11. The Hall–Kier alpha value is -0.940. The Morgan fingerprint density at radius 1 is 1.38 bits per heavy atom.